The zero-order valence-corrected chi connectivity index (χ0v) is 12.1. The first-order valence-electron chi connectivity index (χ1n) is 7.45. The predicted octanol–water partition coefficient (Wildman–Crippen LogP) is 2.78. The van der Waals surface area contributed by atoms with E-state index in [4.69, 9.17) is 0 Å². The van der Waals surface area contributed by atoms with Crippen LogP contribution in [-0.4, -0.2) is 33.0 Å². The van der Waals surface area contributed by atoms with Crippen LogP contribution in [0.3, 0.4) is 0 Å². The van der Waals surface area contributed by atoms with Crippen molar-refractivity contribution in [3.05, 3.63) is 6.33 Å². The standard InChI is InChI=1S/C14H22N6/c1-3-9-4-6-10(7-5-9)18-13-11-12(17-8-16-11)19-14(15-2)20-13/h8-10H,3-7H2,1-2H3,(H3,15,16,17,18,19,20). The van der Waals surface area contributed by atoms with Gasteiger partial charge in [-0.25, -0.2) is 4.98 Å². The molecule has 1 saturated carbocycles. The molecular formula is C14H22N6. The van der Waals surface area contributed by atoms with Crippen molar-refractivity contribution in [1.82, 2.24) is 19.9 Å². The first kappa shape index (κ1) is 13.1. The Morgan fingerprint density at radius 1 is 1.25 bits per heavy atom. The Labute approximate surface area is 118 Å². The topological polar surface area (TPSA) is 78.5 Å². The number of hydrogen-bond acceptors (Lipinski definition) is 5. The molecule has 1 aliphatic carbocycles. The zero-order valence-electron chi connectivity index (χ0n) is 12.1. The van der Waals surface area contributed by atoms with E-state index in [2.05, 4.69) is 37.5 Å². The van der Waals surface area contributed by atoms with Crippen LogP contribution in [0.4, 0.5) is 11.8 Å². The molecule has 2 aromatic heterocycles. The maximum Gasteiger partial charge on any atom is 0.226 e. The van der Waals surface area contributed by atoms with Crippen LogP contribution in [-0.2, 0) is 0 Å². The smallest absolute Gasteiger partial charge is 0.226 e. The summed E-state index contributed by atoms with van der Waals surface area (Å²) in [4.78, 5) is 16.2. The average Bonchev–Trinajstić information content (AvgIpc) is 2.96. The predicted molar refractivity (Wildman–Crippen MR) is 80.9 cm³/mol. The minimum atomic E-state index is 0.504. The first-order chi connectivity index (χ1) is 9.80. The summed E-state index contributed by atoms with van der Waals surface area (Å²) >= 11 is 0. The lowest BCUT2D eigenvalue weighted by Crippen LogP contribution is -2.26. The van der Waals surface area contributed by atoms with E-state index < -0.39 is 0 Å². The summed E-state index contributed by atoms with van der Waals surface area (Å²) in [5, 5.41) is 6.55. The maximum atomic E-state index is 4.52. The van der Waals surface area contributed by atoms with Gasteiger partial charge in [-0.1, -0.05) is 13.3 Å². The van der Waals surface area contributed by atoms with Gasteiger partial charge in [-0.05, 0) is 31.6 Å². The second-order valence-electron chi connectivity index (χ2n) is 5.52. The molecule has 0 spiro atoms. The summed E-state index contributed by atoms with van der Waals surface area (Å²) in [5.74, 6) is 2.37. The molecule has 0 saturated heterocycles. The molecule has 2 aromatic rings. The molecule has 1 fully saturated rings. The number of rotatable bonds is 4. The number of imidazole rings is 1. The van der Waals surface area contributed by atoms with E-state index in [9.17, 15) is 0 Å². The minimum Gasteiger partial charge on any atom is -0.365 e. The number of fused-ring (bicyclic) bond motifs is 1. The van der Waals surface area contributed by atoms with Gasteiger partial charge in [-0.3, -0.25) is 0 Å². The minimum absolute atomic E-state index is 0.504. The Kier molecular flexibility index (Phi) is 3.71. The highest BCUT2D eigenvalue weighted by atomic mass is 15.2. The van der Waals surface area contributed by atoms with Gasteiger partial charge >= 0.3 is 0 Å². The zero-order chi connectivity index (χ0) is 13.9. The quantitative estimate of drug-likeness (QED) is 0.799. The Hall–Kier alpha value is -1.85. The van der Waals surface area contributed by atoms with E-state index in [-0.39, 0.29) is 0 Å². The van der Waals surface area contributed by atoms with Crippen molar-refractivity contribution in [3.8, 4) is 0 Å². The van der Waals surface area contributed by atoms with Gasteiger partial charge in [0.05, 0.1) is 6.33 Å². The van der Waals surface area contributed by atoms with E-state index in [0.717, 1.165) is 17.3 Å². The normalized spacial score (nSPS) is 22.9. The molecule has 108 valence electrons. The second kappa shape index (κ2) is 5.64. The molecule has 0 unspecified atom stereocenters. The lowest BCUT2D eigenvalue weighted by molar-refractivity contribution is 0.330. The molecule has 2 heterocycles. The molecule has 0 bridgehead atoms. The van der Waals surface area contributed by atoms with Crippen LogP contribution < -0.4 is 10.6 Å². The maximum absolute atomic E-state index is 4.52. The van der Waals surface area contributed by atoms with Crippen LogP contribution >= 0.6 is 0 Å². The summed E-state index contributed by atoms with van der Waals surface area (Å²) in [6, 6.07) is 0.504. The van der Waals surface area contributed by atoms with Crippen LogP contribution in [0.25, 0.3) is 11.2 Å². The third kappa shape index (κ3) is 2.55. The van der Waals surface area contributed by atoms with Crippen molar-refractivity contribution in [2.24, 2.45) is 5.92 Å². The third-order valence-electron chi connectivity index (χ3n) is 4.27. The fraction of sp³-hybridized carbons (Fsp3) is 0.643. The molecule has 20 heavy (non-hydrogen) atoms. The van der Waals surface area contributed by atoms with Gasteiger partial charge in [0.15, 0.2) is 11.5 Å². The highest BCUT2D eigenvalue weighted by Crippen LogP contribution is 2.29. The molecule has 0 atom stereocenters. The van der Waals surface area contributed by atoms with Crippen LogP contribution in [0.15, 0.2) is 6.33 Å². The summed E-state index contributed by atoms with van der Waals surface area (Å²) in [7, 11) is 1.82. The number of aromatic nitrogens is 4. The number of anilines is 2. The number of nitrogens with zero attached hydrogens (tertiary/aromatic N) is 3. The largest absolute Gasteiger partial charge is 0.365 e. The molecule has 3 rings (SSSR count). The van der Waals surface area contributed by atoms with Crippen molar-refractivity contribution in [2.75, 3.05) is 17.7 Å². The summed E-state index contributed by atoms with van der Waals surface area (Å²) in [6.07, 6.45) is 8.02. The number of H-pyrrole nitrogens is 1. The molecular weight excluding hydrogens is 252 g/mol. The summed E-state index contributed by atoms with van der Waals surface area (Å²) in [6.45, 7) is 2.29. The molecule has 6 nitrogen and oxygen atoms in total. The number of aromatic amines is 1. The Balaban J connectivity index is 1.78. The van der Waals surface area contributed by atoms with Crippen molar-refractivity contribution >= 4 is 22.9 Å². The van der Waals surface area contributed by atoms with Crippen LogP contribution in [0.1, 0.15) is 39.0 Å². The van der Waals surface area contributed by atoms with Gasteiger partial charge in [0.25, 0.3) is 0 Å². The van der Waals surface area contributed by atoms with Crippen molar-refractivity contribution in [1.29, 1.82) is 0 Å². The lowest BCUT2D eigenvalue weighted by atomic mass is 9.84. The number of hydrogen-bond donors (Lipinski definition) is 3. The summed E-state index contributed by atoms with van der Waals surface area (Å²) in [5.41, 5.74) is 1.59. The molecule has 6 heteroatoms. The molecule has 0 radical (unpaired) electrons. The second-order valence-corrected chi connectivity index (χ2v) is 5.52. The molecule has 0 aliphatic heterocycles. The van der Waals surface area contributed by atoms with Crippen molar-refractivity contribution in [3.63, 3.8) is 0 Å². The van der Waals surface area contributed by atoms with Gasteiger partial charge in [0.1, 0.15) is 5.52 Å². The van der Waals surface area contributed by atoms with Crippen LogP contribution in [0, 0.1) is 5.92 Å². The average molecular weight is 274 g/mol. The SMILES string of the molecule is CCC1CCC(Nc2nc(NC)nc3nc[nH]c23)CC1. The molecule has 0 aromatic carbocycles. The van der Waals surface area contributed by atoms with E-state index in [1.54, 1.807) is 6.33 Å². The van der Waals surface area contributed by atoms with Crippen LogP contribution in [0.5, 0.6) is 0 Å². The van der Waals surface area contributed by atoms with Gasteiger partial charge in [-0.15, -0.1) is 0 Å². The summed E-state index contributed by atoms with van der Waals surface area (Å²) < 4.78 is 0. The van der Waals surface area contributed by atoms with Crippen LogP contribution in [0.2, 0.25) is 0 Å². The fourth-order valence-corrected chi connectivity index (χ4v) is 2.96. The van der Waals surface area contributed by atoms with E-state index >= 15 is 0 Å². The molecule has 3 N–H and O–H groups in total. The van der Waals surface area contributed by atoms with Crippen molar-refractivity contribution < 1.29 is 0 Å². The van der Waals surface area contributed by atoms with E-state index in [1.165, 1.54) is 32.1 Å². The van der Waals surface area contributed by atoms with Gasteiger partial charge in [0, 0.05) is 13.1 Å². The van der Waals surface area contributed by atoms with Crippen molar-refractivity contribution in [2.45, 2.75) is 45.1 Å². The first-order valence-corrected chi connectivity index (χ1v) is 7.45. The highest BCUT2D eigenvalue weighted by Gasteiger charge is 2.21. The Morgan fingerprint density at radius 3 is 2.75 bits per heavy atom. The fourth-order valence-electron chi connectivity index (χ4n) is 2.96. The van der Waals surface area contributed by atoms with E-state index in [0.29, 0.717) is 17.6 Å². The molecule has 0 amide bonds. The lowest BCUT2D eigenvalue weighted by Gasteiger charge is -2.28. The van der Waals surface area contributed by atoms with Gasteiger partial charge in [0.2, 0.25) is 5.95 Å². The Morgan fingerprint density at radius 2 is 2.05 bits per heavy atom. The highest BCUT2D eigenvalue weighted by molar-refractivity contribution is 5.83. The Bertz CT molecular complexity index is 570. The molecule has 1 aliphatic rings. The van der Waals surface area contributed by atoms with Gasteiger partial charge < -0.3 is 15.6 Å². The third-order valence-corrected chi connectivity index (χ3v) is 4.27. The van der Waals surface area contributed by atoms with E-state index in [1.807, 2.05) is 7.05 Å². The number of nitrogens with one attached hydrogen (secondary N) is 3. The van der Waals surface area contributed by atoms with Gasteiger partial charge in [-0.2, -0.15) is 9.97 Å². The monoisotopic (exact) mass is 274 g/mol.